The highest BCUT2D eigenvalue weighted by molar-refractivity contribution is 7.66. The SMILES string of the molecule is Nc1nc(N)c2ncn([C@H]3CO[C@@H](COP(=O)(O)OP(=O)(O)OP(=O)(O)O)O3)c2n1. The molecule has 0 radical (unpaired) electrons. The minimum atomic E-state index is -5.62. The third-order valence-electron chi connectivity index (χ3n) is 3.30. The predicted molar refractivity (Wildman–Crippen MR) is 93.8 cm³/mol. The fourth-order valence-electron chi connectivity index (χ4n) is 2.30. The van der Waals surface area contributed by atoms with Gasteiger partial charge in [-0.3, -0.25) is 9.09 Å². The number of phosphoric ester groups is 1. The van der Waals surface area contributed by atoms with Gasteiger partial charge in [0.05, 0.1) is 12.9 Å². The zero-order valence-corrected chi connectivity index (χ0v) is 17.2. The molecule has 21 heteroatoms. The molecule has 0 saturated carbocycles. The van der Waals surface area contributed by atoms with Crippen molar-refractivity contribution in [2.45, 2.75) is 12.5 Å². The van der Waals surface area contributed by atoms with Crippen LogP contribution in [0.3, 0.4) is 0 Å². The molecule has 1 aliphatic heterocycles. The zero-order chi connectivity index (χ0) is 22.3. The van der Waals surface area contributed by atoms with Gasteiger partial charge in [-0.15, -0.1) is 0 Å². The number of nitrogen functional groups attached to an aromatic ring is 2. The van der Waals surface area contributed by atoms with Gasteiger partial charge in [-0.25, -0.2) is 18.7 Å². The van der Waals surface area contributed by atoms with Gasteiger partial charge in [0.25, 0.3) is 0 Å². The van der Waals surface area contributed by atoms with E-state index in [1.54, 1.807) is 0 Å². The Labute approximate surface area is 166 Å². The number of hydrogen-bond acceptors (Lipinski definition) is 13. The van der Waals surface area contributed by atoms with Crippen LogP contribution >= 0.6 is 23.5 Å². The Hall–Kier alpha value is -1.52. The van der Waals surface area contributed by atoms with E-state index in [4.69, 9.17) is 35.6 Å². The fraction of sp³-hybridized carbons (Fsp3) is 0.444. The summed E-state index contributed by atoms with van der Waals surface area (Å²) in [7, 11) is -16.4. The lowest BCUT2D eigenvalue weighted by Crippen LogP contribution is -2.17. The van der Waals surface area contributed by atoms with Crippen LogP contribution in [-0.2, 0) is 36.3 Å². The van der Waals surface area contributed by atoms with E-state index < -0.39 is 42.6 Å². The summed E-state index contributed by atoms with van der Waals surface area (Å²) in [4.78, 5) is 47.3. The van der Waals surface area contributed by atoms with Gasteiger partial charge < -0.3 is 40.5 Å². The maximum atomic E-state index is 11.7. The van der Waals surface area contributed by atoms with Crippen LogP contribution in [0, 0.1) is 0 Å². The smallest absolute Gasteiger partial charge is 0.382 e. The van der Waals surface area contributed by atoms with Crippen molar-refractivity contribution >= 4 is 46.4 Å². The molecule has 1 aliphatic rings. The Morgan fingerprint density at radius 1 is 1.13 bits per heavy atom. The average Bonchev–Trinajstić information content (AvgIpc) is 3.15. The Bertz CT molecular complexity index is 1090. The fourth-order valence-corrected chi connectivity index (χ4v) is 5.31. The van der Waals surface area contributed by atoms with Gasteiger partial charge in [-0.2, -0.15) is 18.6 Å². The molecule has 0 aliphatic carbocycles. The summed E-state index contributed by atoms with van der Waals surface area (Å²) in [6.45, 7) is -0.855. The molecule has 30 heavy (non-hydrogen) atoms. The van der Waals surface area contributed by atoms with Crippen LogP contribution in [0.15, 0.2) is 6.33 Å². The number of aromatic nitrogens is 4. The van der Waals surface area contributed by atoms with Gasteiger partial charge in [-0.1, -0.05) is 0 Å². The molecule has 0 amide bonds. The number of nitrogens with zero attached hydrogens (tertiary/aromatic N) is 4. The Morgan fingerprint density at radius 2 is 1.83 bits per heavy atom. The minimum absolute atomic E-state index is 0.0411. The van der Waals surface area contributed by atoms with Crippen molar-refractivity contribution in [3.05, 3.63) is 6.33 Å². The second-order valence-electron chi connectivity index (χ2n) is 5.53. The average molecular weight is 492 g/mol. The second kappa shape index (κ2) is 8.20. The van der Waals surface area contributed by atoms with Crippen molar-refractivity contribution < 1.29 is 55.9 Å². The van der Waals surface area contributed by atoms with Crippen LogP contribution in [0.2, 0.25) is 0 Å². The predicted octanol–water partition coefficient (Wildman–Crippen LogP) is -0.795. The Morgan fingerprint density at radius 3 is 2.50 bits per heavy atom. The number of nitrogens with two attached hydrogens (primary N) is 2. The molecule has 168 valence electrons. The van der Waals surface area contributed by atoms with E-state index in [-0.39, 0.29) is 29.5 Å². The van der Waals surface area contributed by atoms with E-state index in [9.17, 15) is 18.6 Å². The third kappa shape index (κ3) is 5.79. The minimum Gasteiger partial charge on any atom is -0.382 e. The number of ether oxygens (including phenoxy) is 2. The monoisotopic (exact) mass is 492 g/mol. The van der Waals surface area contributed by atoms with Crippen molar-refractivity contribution in [1.29, 1.82) is 0 Å². The second-order valence-corrected chi connectivity index (χ2v) is 9.95. The van der Waals surface area contributed by atoms with Gasteiger partial charge in [0, 0.05) is 0 Å². The van der Waals surface area contributed by atoms with E-state index in [1.165, 1.54) is 10.9 Å². The summed E-state index contributed by atoms with van der Waals surface area (Å²) >= 11 is 0. The molecule has 4 atom stereocenters. The number of fused-ring (bicyclic) bond motifs is 1. The third-order valence-corrected chi connectivity index (χ3v) is 7.10. The number of hydrogen-bond donors (Lipinski definition) is 6. The molecular formula is C9H15N6O12P3. The normalized spacial score (nSPS) is 24.0. The van der Waals surface area contributed by atoms with E-state index in [0.29, 0.717) is 0 Å². The van der Waals surface area contributed by atoms with Crippen molar-refractivity contribution in [1.82, 2.24) is 19.5 Å². The van der Waals surface area contributed by atoms with Gasteiger partial charge in [0.15, 0.2) is 24.0 Å². The van der Waals surface area contributed by atoms with E-state index >= 15 is 0 Å². The van der Waals surface area contributed by atoms with Crippen LogP contribution in [0.4, 0.5) is 11.8 Å². The quantitative estimate of drug-likeness (QED) is 0.246. The number of anilines is 2. The van der Waals surface area contributed by atoms with Crippen LogP contribution in [0.25, 0.3) is 11.2 Å². The standard InChI is InChI=1S/C9H15N6O12P3/c10-7-6-8(14-9(11)13-7)15(3-12-6)4-1-23-5(25-4)2-24-29(19,20)27-30(21,22)26-28(16,17)18/h3-5H,1-2H2,(H,19,20)(H,21,22)(H2,16,17,18)(H4,10,11,13,14)/t4-,5-/m1/s1. The number of imidazole rings is 1. The summed E-state index contributed by atoms with van der Waals surface area (Å²) in [5.74, 6) is -0.0655. The van der Waals surface area contributed by atoms with Gasteiger partial charge >= 0.3 is 23.5 Å². The first-order valence-electron chi connectivity index (χ1n) is 7.56. The molecule has 2 aromatic heterocycles. The maximum absolute atomic E-state index is 11.7. The summed E-state index contributed by atoms with van der Waals surface area (Å²) < 4.78 is 57.3. The Kier molecular flexibility index (Phi) is 6.33. The van der Waals surface area contributed by atoms with E-state index in [0.717, 1.165) is 0 Å². The zero-order valence-electron chi connectivity index (χ0n) is 14.5. The molecule has 0 aromatic carbocycles. The lowest BCUT2D eigenvalue weighted by Gasteiger charge is -2.17. The lowest BCUT2D eigenvalue weighted by molar-refractivity contribution is -0.0961. The van der Waals surface area contributed by atoms with Crippen LogP contribution < -0.4 is 11.5 Å². The molecule has 1 fully saturated rings. The van der Waals surface area contributed by atoms with Crippen LogP contribution in [-0.4, -0.2) is 58.6 Å². The lowest BCUT2D eigenvalue weighted by atomic mass is 10.5. The van der Waals surface area contributed by atoms with Gasteiger partial charge in [-0.05, 0) is 0 Å². The highest BCUT2D eigenvalue weighted by Gasteiger charge is 2.41. The molecular weight excluding hydrogens is 477 g/mol. The van der Waals surface area contributed by atoms with Crippen molar-refractivity contribution in [2.75, 3.05) is 24.7 Å². The van der Waals surface area contributed by atoms with E-state index in [2.05, 4.69) is 28.1 Å². The van der Waals surface area contributed by atoms with Crippen molar-refractivity contribution in [3.8, 4) is 0 Å². The molecule has 3 heterocycles. The molecule has 8 N–H and O–H groups in total. The molecule has 18 nitrogen and oxygen atoms in total. The van der Waals surface area contributed by atoms with Crippen molar-refractivity contribution in [2.24, 2.45) is 0 Å². The summed E-state index contributed by atoms with van der Waals surface area (Å²) in [6.07, 6.45) is -0.736. The highest BCUT2D eigenvalue weighted by Crippen LogP contribution is 2.66. The van der Waals surface area contributed by atoms with Gasteiger partial charge in [0.1, 0.15) is 12.1 Å². The largest absolute Gasteiger partial charge is 0.490 e. The first-order chi connectivity index (χ1) is 13.7. The molecule has 2 unspecified atom stereocenters. The Balaban J connectivity index is 1.61. The molecule has 2 aromatic rings. The molecule has 3 rings (SSSR count). The topological polar surface area (TPSA) is 274 Å². The van der Waals surface area contributed by atoms with Crippen LogP contribution in [0.1, 0.15) is 6.23 Å². The van der Waals surface area contributed by atoms with Gasteiger partial charge in [0.2, 0.25) is 5.95 Å². The molecule has 0 spiro atoms. The summed E-state index contributed by atoms with van der Waals surface area (Å²) in [5.41, 5.74) is 11.8. The maximum Gasteiger partial charge on any atom is 0.490 e. The number of rotatable bonds is 8. The molecule has 0 bridgehead atoms. The first-order valence-corrected chi connectivity index (χ1v) is 12.1. The first kappa shape index (κ1) is 23.1. The summed E-state index contributed by atoms with van der Waals surface area (Å²) in [5, 5.41) is 0. The van der Waals surface area contributed by atoms with Crippen LogP contribution in [0.5, 0.6) is 0 Å². The highest BCUT2D eigenvalue weighted by atomic mass is 31.3. The molecule has 1 saturated heterocycles. The van der Waals surface area contributed by atoms with E-state index in [1.807, 2.05) is 0 Å². The number of phosphoric acid groups is 3. The summed E-state index contributed by atoms with van der Waals surface area (Å²) in [6, 6.07) is 0. The van der Waals surface area contributed by atoms with Crippen molar-refractivity contribution in [3.63, 3.8) is 0 Å².